The standard InChI is InChI=1S/C21H34O4Si/c1-16(2)13-14-19(25-20(23)17-11-9-8-10-12-17)18(22)15-24-26(6,7)21(3,4)5/h8-13,18-19,22H,14-15H2,1-7H3/t18-,19-/m1/s1. The van der Waals surface area contributed by atoms with Gasteiger partial charge in [0, 0.05) is 6.42 Å². The predicted molar refractivity (Wildman–Crippen MR) is 109 cm³/mol. The lowest BCUT2D eigenvalue weighted by Crippen LogP contribution is -2.45. The van der Waals surface area contributed by atoms with Gasteiger partial charge in [-0.05, 0) is 44.1 Å². The molecule has 0 saturated carbocycles. The maximum atomic E-state index is 12.4. The molecule has 1 aromatic rings. The average molecular weight is 379 g/mol. The Hall–Kier alpha value is -1.43. The van der Waals surface area contributed by atoms with E-state index in [0.717, 1.165) is 5.57 Å². The van der Waals surface area contributed by atoms with Crippen LogP contribution in [0, 0.1) is 0 Å². The number of carbonyl (C=O) groups excluding carboxylic acids is 1. The third-order valence-electron chi connectivity index (χ3n) is 4.88. The summed E-state index contributed by atoms with van der Waals surface area (Å²) in [6.45, 7) is 14.9. The highest BCUT2D eigenvalue weighted by atomic mass is 28.4. The first-order valence-electron chi connectivity index (χ1n) is 9.15. The maximum absolute atomic E-state index is 12.4. The van der Waals surface area contributed by atoms with Crippen LogP contribution < -0.4 is 0 Å². The second-order valence-corrected chi connectivity index (χ2v) is 13.3. The van der Waals surface area contributed by atoms with E-state index in [1.165, 1.54) is 0 Å². The van der Waals surface area contributed by atoms with Crippen LogP contribution in [-0.2, 0) is 9.16 Å². The van der Waals surface area contributed by atoms with Crippen molar-refractivity contribution in [1.29, 1.82) is 0 Å². The Kier molecular flexibility index (Phi) is 8.25. The molecule has 1 aromatic carbocycles. The lowest BCUT2D eigenvalue weighted by Gasteiger charge is -2.37. The van der Waals surface area contributed by atoms with Crippen molar-refractivity contribution in [2.75, 3.05) is 6.61 Å². The van der Waals surface area contributed by atoms with Crippen molar-refractivity contribution in [2.24, 2.45) is 0 Å². The maximum Gasteiger partial charge on any atom is 0.338 e. The molecule has 0 heterocycles. The molecule has 0 aliphatic carbocycles. The third kappa shape index (κ3) is 7.06. The molecule has 26 heavy (non-hydrogen) atoms. The zero-order valence-electron chi connectivity index (χ0n) is 17.2. The normalized spacial score (nSPS) is 14.5. The largest absolute Gasteiger partial charge is 0.456 e. The average Bonchev–Trinajstić information content (AvgIpc) is 2.55. The van der Waals surface area contributed by atoms with Crippen molar-refractivity contribution in [3.05, 3.63) is 47.5 Å². The van der Waals surface area contributed by atoms with Crippen LogP contribution in [0.4, 0.5) is 0 Å². The molecule has 4 nitrogen and oxygen atoms in total. The summed E-state index contributed by atoms with van der Waals surface area (Å²) < 4.78 is 11.7. The zero-order valence-corrected chi connectivity index (χ0v) is 18.2. The summed E-state index contributed by atoms with van der Waals surface area (Å²) in [5.74, 6) is -0.427. The molecule has 5 heteroatoms. The van der Waals surface area contributed by atoms with Crippen molar-refractivity contribution in [3.63, 3.8) is 0 Å². The van der Waals surface area contributed by atoms with Crippen LogP contribution in [0.25, 0.3) is 0 Å². The summed E-state index contributed by atoms with van der Waals surface area (Å²) in [6, 6.07) is 8.84. The predicted octanol–water partition coefficient (Wildman–Crippen LogP) is 4.95. The molecule has 0 aliphatic rings. The van der Waals surface area contributed by atoms with E-state index in [-0.39, 0.29) is 11.6 Å². The monoisotopic (exact) mass is 378 g/mol. The summed E-state index contributed by atoms with van der Waals surface area (Å²) in [7, 11) is -1.98. The minimum atomic E-state index is -1.98. The first-order chi connectivity index (χ1) is 11.9. The fourth-order valence-corrected chi connectivity index (χ4v) is 3.05. The summed E-state index contributed by atoms with van der Waals surface area (Å²) in [4.78, 5) is 12.4. The quantitative estimate of drug-likeness (QED) is 0.395. The fraction of sp³-hybridized carbons (Fsp3) is 0.571. The summed E-state index contributed by atoms with van der Waals surface area (Å²) in [6.07, 6.45) is 0.927. The Bertz CT molecular complexity index is 598. The molecule has 0 fully saturated rings. The molecule has 146 valence electrons. The van der Waals surface area contributed by atoms with Gasteiger partial charge in [0.2, 0.25) is 0 Å². The molecule has 0 unspecified atom stereocenters. The minimum absolute atomic E-state index is 0.0584. The number of hydrogen-bond acceptors (Lipinski definition) is 4. The van der Waals surface area contributed by atoms with Gasteiger partial charge < -0.3 is 14.3 Å². The van der Waals surface area contributed by atoms with Gasteiger partial charge in [0.25, 0.3) is 0 Å². The van der Waals surface area contributed by atoms with Gasteiger partial charge in [-0.1, -0.05) is 50.6 Å². The van der Waals surface area contributed by atoms with Gasteiger partial charge in [0.15, 0.2) is 8.32 Å². The fourth-order valence-electron chi connectivity index (χ4n) is 2.03. The molecule has 0 amide bonds. The number of ether oxygens (including phenoxy) is 1. The van der Waals surface area contributed by atoms with Gasteiger partial charge in [-0.25, -0.2) is 4.79 Å². The van der Waals surface area contributed by atoms with Crippen molar-refractivity contribution < 1.29 is 19.1 Å². The number of esters is 1. The van der Waals surface area contributed by atoms with Crippen LogP contribution >= 0.6 is 0 Å². The molecule has 0 aromatic heterocycles. The highest BCUT2D eigenvalue weighted by Gasteiger charge is 2.38. The van der Waals surface area contributed by atoms with Crippen molar-refractivity contribution >= 4 is 14.3 Å². The molecule has 2 atom stereocenters. The first kappa shape index (κ1) is 22.6. The van der Waals surface area contributed by atoms with Gasteiger partial charge in [-0.3, -0.25) is 0 Å². The highest BCUT2D eigenvalue weighted by molar-refractivity contribution is 6.74. The number of benzene rings is 1. The number of rotatable bonds is 8. The van der Waals surface area contributed by atoms with E-state index in [1.54, 1.807) is 24.3 Å². The summed E-state index contributed by atoms with van der Waals surface area (Å²) in [5, 5.41) is 10.7. The topological polar surface area (TPSA) is 55.8 Å². The van der Waals surface area contributed by atoms with Crippen LogP contribution in [-0.4, -0.2) is 38.2 Å². The first-order valence-corrected chi connectivity index (χ1v) is 12.1. The zero-order chi connectivity index (χ0) is 20.0. The van der Waals surface area contributed by atoms with E-state index in [1.807, 2.05) is 26.0 Å². The molecular weight excluding hydrogens is 344 g/mol. The van der Waals surface area contributed by atoms with Crippen molar-refractivity contribution in [3.8, 4) is 0 Å². The van der Waals surface area contributed by atoms with E-state index in [4.69, 9.17) is 9.16 Å². The second-order valence-electron chi connectivity index (χ2n) is 8.47. The Morgan fingerprint density at radius 3 is 2.27 bits per heavy atom. The molecule has 0 spiro atoms. The Morgan fingerprint density at radius 2 is 1.77 bits per heavy atom. The number of allylic oxidation sites excluding steroid dienone is 1. The van der Waals surface area contributed by atoms with Gasteiger partial charge in [0.1, 0.15) is 12.2 Å². The summed E-state index contributed by atoms with van der Waals surface area (Å²) >= 11 is 0. The molecule has 0 aliphatic heterocycles. The van der Waals surface area contributed by atoms with E-state index < -0.39 is 26.5 Å². The van der Waals surface area contributed by atoms with Crippen molar-refractivity contribution in [1.82, 2.24) is 0 Å². The van der Waals surface area contributed by atoms with Gasteiger partial charge in [0.05, 0.1) is 12.2 Å². The molecule has 1 rings (SSSR count). The van der Waals surface area contributed by atoms with Gasteiger partial charge in [-0.2, -0.15) is 0 Å². The lowest BCUT2D eigenvalue weighted by molar-refractivity contribution is -0.0336. The minimum Gasteiger partial charge on any atom is -0.456 e. The van der Waals surface area contributed by atoms with Gasteiger partial charge >= 0.3 is 5.97 Å². The van der Waals surface area contributed by atoms with E-state index in [0.29, 0.717) is 12.0 Å². The summed E-state index contributed by atoms with van der Waals surface area (Å²) in [5.41, 5.74) is 1.59. The van der Waals surface area contributed by atoms with Gasteiger partial charge in [-0.15, -0.1) is 0 Å². The number of hydrogen-bond donors (Lipinski definition) is 1. The van der Waals surface area contributed by atoms with Crippen LogP contribution in [0.5, 0.6) is 0 Å². The van der Waals surface area contributed by atoms with E-state index >= 15 is 0 Å². The number of carbonyl (C=O) groups is 1. The third-order valence-corrected chi connectivity index (χ3v) is 9.38. The van der Waals surface area contributed by atoms with Crippen LogP contribution in [0.2, 0.25) is 18.1 Å². The SMILES string of the molecule is CC(C)=CC[C@@H](OC(=O)c1ccccc1)[C@H](O)CO[Si](C)(C)C(C)(C)C. The molecule has 0 radical (unpaired) electrons. The van der Waals surface area contributed by atoms with Crippen LogP contribution in [0.1, 0.15) is 51.4 Å². The Morgan fingerprint density at radius 1 is 1.19 bits per heavy atom. The number of aliphatic hydroxyl groups is 1. The van der Waals surface area contributed by atoms with E-state index in [2.05, 4.69) is 33.9 Å². The van der Waals surface area contributed by atoms with Crippen molar-refractivity contribution in [2.45, 2.75) is 71.4 Å². The molecular formula is C21H34O4Si. The number of aliphatic hydroxyl groups excluding tert-OH is 1. The Labute approximate surface area is 159 Å². The Balaban J connectivity index is 2.82. The van der Waals surface area contributed by atoms with Crippen LogP contribution in [0.15, 0.2) is 42.0 Å². The van der Waals surface area contributed by atoms with Crippen LogP contribution in [0.3, 0.4) is 0 Å². The highest BCUT2D eigenvalue weighted by Crippen LogP contribution is 2.36. The molecule has 1 N–H and O–H groups in total. The smallest absolute Gasteiger partial charge is 0.338 e. The lowest BCUT2D eigenvalue weighted by atomic mass is 10.1. The molecule has 0 bridgehead atoms. The van der Waals surface area contributed by atoms with E-state index in [9.17, 15) is 9.90 Å². The molecule has 0 saturated heterocycles. The second kappa shape index (κ2) is 9.49.